The van der Waals surface area contributed by atoms with Crippen LogP contribution in [-0.2, 0) is 9.53 Å². The lowest BCUT2D eigenvalue weighted by molar-refractivity contribution is -0.141. The smallest absolute Gasteiger partial charge is 0.371 e. The number of likely N-dealkylation sites (tertiary alicyclic amines) is 1. The Hall–Kier alpha value is -2.05. The van der Waals surface area contributed by atoms with Crippen LogP contribution >= 0.6 is 11.6 Å². The monoisotopic (exact) mass is 425 g/mol. The molecule has 7 heteroatoms. The fourth-order valence-corrected chi connectivity index (χ4v) is 3.76. The number of amides is 1. The molecule has 2 aromatic rings. The van der Waals surface area contributed by atoms with Gasteiger partial charge in [0.05, 0.1) is 6.04 Å². The Morgan fingerprint density at radius 3 is 2.31 bits per heavy atom. The van der Waals surface area contributed by atoms with E-state index in [1.165, 1.54) is 0 Å². The summed E-state index contributed by atoms with van der Waals surface area (Å²) in [4.78, 5) is 14.3. The average molecular weight is 426 g/mol. The molecule has 0 N–H and O–H groups in total. The highest BCUT2D eigenvalue weighted by Crippen LogP contribution is 2.39. The SMILES string of the molecule is O=C1CCCN1[C@H](c1ccccc1)[C@@H](OCCCC(F)(F)F)c1ccc(Cl)cc1. The maximum absolute atomic E-state index is 12.5. The zero-order valence-electron chi connectivity index (χ0n) is 15.9. The highest BCUT2D eigenvalue weighted by atomic mass is 35.5. The standard InChI is InChI=1S/C22H23ClF3NO2/c23-18-11-9-17(10-12-18)21(29-15-5-13-22(24,25)26)20(16-6-2-1-3-7-16)27-14-4-8-19(27)28/h1-3,6-7,9-12,20-21H,4-5,8,13-15H2/t20-,21+/m1/s1. The van der Waals surface area contributed by atoms with Gasteiger partial charge in [-0.2, -0.15) is 13.2 Å². The first-order valence-corrected chi connectivity index (χ1v) is 10.0. The van der Waals surface area contributed by atoms with Gasteiger partial charge in [0.1, 0.15) is 6.10 Å². The number of hydrogen-bond donors (Lipinski definition) is 0. The molecule has 0 radical (unpaired) electrons. The highest BCUT2D eigenvalue weighted by Gasteiger charge is 2.36. The van der Waals surface area contributed by atoms with Crippen molar-refractivity contribution in [3.8, 4) is 0 Å². The third kappa shape index (κ3) is 5.97. The summed E-state index contributed by atoms with van der Waals surface area (Å²) in [5.74, 6) is 0.0247. The van der Waals surface area contributed by atoms with Gasteiger partial charge in [-0.15, -0.1) is 0 Å². The number of benzene rings is 2. The van der Waals surface area contributed by atoms with Gasteiger partial charge < -0.3 is 9.64 Å². The summed E-state index contributed by atoms with van der Waals surface area (Å²) in [6, 6.07) is 16.1. The number of ether oxygens (including phenoxy) is 1. The molecule has 2 aromatic carbocycles. The molecule has 1 amide bonds. The zero-order chi connectivity index (χ0) is 20.9. The molecule has 0 saturated carbocycles. The molecule has 0 spiro atoms. The molecule has 1 saturated heterocycles. The summed E-state index contributed by atoms with van der Waals surface area (Å²) in [5, 5.41) is 0.554. The Balaban J connectivity index is 1.91. The Labute approximate surface area is 173 Å². The molecule has 3 nitrogen and oxygen atoms in total. The molecular weight excluding hydrogens is 403 g/mol. The Morgan fingerprint density at radius 2 is 1.72 bits per heavy atom. The number of carbonyl (C=O) groups is 1. The van der Waals surface area contributed by atoms with Crippen molar-refractivity contribution in [2.75, 3.05) is 13.2 Å². The predicted octanol–water partition coefficient (Wildman–Crippen LogP) is 6.10. The highest BCUT2D eigenvalue weighted by molar-refractivity contribution is 6.30. The summed E-state index contributed by atoms with van der Waals surface area (Å²) in [6.45, 7) is 0.534. The van der Waals surface area contributed by atoms with Crippen molar-refractivity contribution in [3.05, 3.63) is 70.7 Å². The summed E-state index contributed by atoms with van der Waals surface area (Å²) in [7, 11) is 0. The van der Waals surface area contributed by atoms with Crippen LogP contribution in [0.3, 0.4) is 0 Å². The van der Waals surface area contributed by atoms with Crippen LogP contribution in [0.15, 0.2) is 54.6 Å². The second-order valence-corrected chi connectivity index (χ2v) is 7.54. The third-order valence-corrected chi connectivity index (χ3v) is 5.23. The van der Waals surface area contributed by atoms with Gasteiger partial charge in [-0.3, -0.25) is 4.79 Å². The van der Waals surface area contributed by atoms with Crippen molar-refractivity contribution in [1.29, 1.82) is 0 Å². The van der Waals surface area contributed by atoms with Crippen LogP contribution in [0.1, 0.15) is 49.0 Å². The number of halogens is 4. The second kappa shape index (κ2) is 9.63. The van der Waals surface area contributed by atoms with E-state index in [1.54, 1.807) is 29.2 Å². The van der Waals surface area contributed by atoms with Crippen LogP contribution in [0.4, 0.5) is 13.2 Å². The maximum Gasteiger partial charge on any atom is 0.389 e. The first-order valence-electron chi connectivity index (χ1n) is 9.63. The van der Waals surface area contributed by atoms with Gasteiger partial charge in [0.2, 0.25) is 5.91 Å². The Morgan fingerprint density at radius 1 is 1.03 bits per heavy atom. The largest absolute Gasteiger partial charge is 0.389 e. The predicted molar refractivity (Wildman–Crippen MR) is 106 cm³/mol. The topological polar surface area (TPSA) is 29.5 Å². The third-order valence-electron chi connectivity index (χ3n) is 4.97. The van der Waals surface area contributed by atoms with E-state index in [4.69, 9.17) is 16.3 Å². The lowest BCUT2D eigenvalue weighted by atomic mass is 9.94. The number of nitrogens with zero attached hydrogens (tertiary/aromatic N) is 1. The van der Waals surface area contributed by atoms with E-state index in [0.717, 1.165) is 17.5 Å². The Kier molecular flexibility index (Phi) is 7.19. The maximum atomic E-state index is 12.5. The minimum Gasteiger partial charge on any atom is -0.371 e. The summed E-state index contributed by atoms with van der Waals surface area (Å²) in [6.07, 6.45) is -4.64. The fourth-order valence-electron chi connectivity index (χ4n) is 3.64. The first-order chi connectivity index (χ1) is 13.8. The van der Waals surface area contributed by atoms with Crippen LogP contribution < -0.4 is 0 Å². The molecule has 0 bridgehead atoms. The van der Waals surface area contributed by atoms with Crippen molar-refractivity contribution >= 4 is 17.5 Å². The van der Waals surface area contributed by atoms with Crippen molar-refractivity contribution < 1.29 is 22.7 Å². The first kappa shape index (κ1) is 21.7. The average Bonchev–Trinajstić information content (AvgIpc) is 3.10. The van der Waals surface area contributed by atoms with Crippen molar-refractivity contribution in [2.24, 2.45) is 0 Å². The van der Waals surface area contributed by atoms with Gasteiger partial charge in [-0.05, 0) is 36.1 Å². The molecule has 2 atom stereocenters. The summed E-state index contributed by atoms with van der Waals surface area (Å²) >= 11 is 6.01. The van der Waals surface area contributed by atoms with E-state index in [-0.39, 0.29) is 18.9 Å². The van der Waals surface area contributed by atoms with Crippen LogP contribution in [0, 0.1) is 0 Å². The molecule has 156 valence electrons. The van der Waals surface area contributed by atoms with Crippen LogP contribution in [0.2, 0.25) is 5.02 Å². The molecule has 1 heterocycles. The normalized spacial score (nSPS) is 16.8. The van der Waals surface area contributed by atoms with Gasteiger partial charge >= 0.3 is 6.18 Å². The number of alkyl halides is 3. The van der Waals surface area contributed by atoms with Crippen molar-refractivity contribution in [3.63, 3.8) is 0 Å². The zero-order valence-corrected chi connectivity index (χ0v) is 16.6. The van der Waals surface area contributed by atoms with Crippen molar-refractivity contribution in [1.82, 2.24) is 4.90 Å². The van der Waals surface area contributed by atoms with Crippen LogP contribution in [0.5, 0.6) is 0 Å². The lowest BCUT2D eigenvalue weighted by Gasteiger charge is -2.35. The minimum absolute atomic E-state index is 0.0247. The van der Waals surface area contributed by atoms with E-state index in [2.05, 4.69) is 0 Å². The van der Waals surface area contributed by atoms with Crippen LogP contribution in [-0.4, -0.2) is 30.1 Å². The molecule has 1 fully saturated rings. The lowest BCUT2D eigenvalue weighted by Crippen LogP contribution is -2.35. The summed E-state index contributed by atoms with van der Waals surface area (Å²) < 4.78 is 43.6. The van der Waals surface area contributed by atoms with Gasteiger partial charge in [-0.1, -0.05) is 54.1 Å². The summed E-state index contributed by atoms with van der Waals surface area (Å²) in [5.41, 5.74) is 1.66. The van der Waals surface area contributed by atoms with E-state index < -0.39 is 24.7 Å². The Bertz CT molecular complexity index is 796. The van der Waals surface area contributed by atoms with Gasteiger partial charge in [-0.25, -0.2) is 0 Å². The van der Waals surface area contributed by atoms with Gasteiger partial charge in [0.25, 0.3) is 0 Å². The van der Waals surface area contributed by atoms with E-state index in [9.17, 15) is 18.0 Å². The minimum atomic E-state index is -4.22. The second-order valence-electron chi connectivity index (χ2n) is 7.11. The number of hydrogen-bond acceptors (Lipinski definition) is 2. The number of rotatable bonds is 8. The van der Waals surface area contributed by atoms with E-state index in [0.29, 0.717) is 18.0 Å². The molecular formula is C22H23ClF3NO2. The molecule has 1 aliphatic heterocycles. The molecule has 3 rings (SSSR count). The molecule has 0 unspecified atom stereocenters. The van der Waals surface area contributed by atoms with E-state index in [1.807, 2.05) is 30.3 Å². The quantitative estimate of drug-likeness (QED) is 0.478. The molecule has 0 aliphatic carbocycles. The molecule has 29 heavy (non-hydrogen) atoms. The van der Waals surface area contributed by atoms with Gasteiger partial charge in [0.15, 0.2) is 0 Å². The molecule has 0 aromatic heterocycles. The van der Waals surface area contributed by atoms with Gasteiger partial charge in [0, 0.05) is 31.0 Å². The van der Waals surface area contributed by atoms with Crippen molar-refractivity contribution in [2.45, 2.75) is 44.0 Å². The van der Waals surface area contributed by atoms with E-state index >= 15 is 0 Å². The number of carbonyl (C=O) groups excluding carboxylic acids is 1. The fraction of sp³-hybridized carbons (Fsp3) is 0.409. The van der Waals surface area contributed by atoms with Crippen LogP contribution in [0.25, 0.3) is 0 Å². The molecule has 1 aliphatic rings.